The van der Waals surface area contributed by atoms with E-state index in [9.17, 15) is 14.9 Å². The number of nitro benzene ring substituents is 1. The van der Waals surface area contributed by atoms with E-state index in [-0.39, 0.29) is 63.1 Å². The highest BCUT2D eigenvalue weighted by atomic mass is 16.8. The highest BCUT2D eigenvalue weighted by molar-refractivity contribution is 5.90. The topological polar surface area (TPSA) is 171 Å². The predicted octanol–water partition coefficient (Wildman–Crippen LogP) is 9.44. The van der Waals surface area contributed by atoms with Crippen LogP contribution in [0.3, 0.4) is 0 Å². The molecule has 0 aromatic heterocycles. The second-order valence-corrected chi connectivity index (χ2v) is 18.9. The molecule has 3 fully saturated rings. The number of carbonyl (C=O) groups is 1. The molecule has 3 aliphatic heterocycles. The normalized spacial score (nSPS) is 25.1. The van der Waals surface area contributed by atoms with Gasteiger partial charge in [-0.15, -0.1) is 0 Å². The monoisotopic (exact) mass is 1030 g/mol. The largest absolute Gasteiger partial charge is 0.465 e. The molecule has 6 aromatic carbocycles. The number of nitrogens with zero attached hydrogens (tertiary/aromatic N) is 1. The van der Waals surface area contributed by atoms with E-state index in [1.165, 1.54) is 19.2 Å². The molecule has 75 heavy (non-hydrogen) atoms. The van der Waals surface area contributed by atoms with E-state index < -0.39 is 78.1 Å². The maximum atomic E-state index is 12.5. The predicted molar refractivity (Wildman–Crippen MR) is 272 cm³/mol. The van der Waals surface area contributed by atoms with Gasteiger partial charge in [-0.2, -0.15) is 0 Å². The van der Waals surface area contributed by atoms with Gasteiger partial charge in [-0.3, -0.25) is 10.1 Å². The van der Waals surface area contributed by atoms with Crippen LogP contribution in [-0.4, -0.2) is 98.4 Å². The molecule has 9 rings (SSSR count). The van der Waals surface area contributed by atoms with E-state index in [4.69, 9.17) is 56.8 Å². The van der Waals surface area contributed by atoms with E-state index in [1.54, 1.807) is 0 Å². The molecule has 0 radical (unpaired) electrons. The highest BCUT2D eigenvalue weighted by Crippen LogP contribution is 2.41. The van der Waals surface area contributed by atoms with Crippen LogP contribution in [0.25, 0.3) is 0 Å². The van der Waals surface area contributed by atoms with Gasteiger partial charge in [-0.1, -0.05) is 152 Å². The third-order valence-corrected chi connectivity index (χ3v) is 13.1. The Bertz CT molecular complexity index is 2700. The van der Waals surface area contributed by atoms with Crippen LogP contribution in [0.4, 0.5) is 5.69 Å². The van der Waals surface area contributed by atoms with Crippen LogP contribution in [0.2, 0.25) is 0 Å². The lowest BCUT2D eigenvalue weighted by molar-refractivity contribution is -0.386. The molecular formula is C59H63NO15. The third kappa shape index (κ3) is 14.4. The Morgan fingerprint density at radius 1 is 0.507 bits per heavy atom. The summed E-state index contributed by atoms with van der Waals surface area (Å²) in [6, 6.07) is 52.9. The number of hydrogen-bond donors (Lipinski definition) is 0. The summed E-state index contributed by atoms with van der Waals surface area (Å²) < 4.78 is 79.0. The molecule has 0 bridgehead atoms. The van der Waals surface area contributed by atoms with Crippen molar-refractivity contribution in [1.82, 2.24) is 0 Å². The van der Waals surface area contributed by atoms with Gasteiger partial charge in [0.05, 0.1) is 76.0 Å². The number of esters is 1. The van der Waals surface area contributed by atoms with Crippen molar-refractivity contribution in [3.63, 3.8) is 0 Å². The van der Waals surface area contributed by atoms with Crippen molar-refractivity contribution in [1.29, 1.82) is 0 Å². The van der Waals surface area contributed by atoms with Crippen molar-refractivity contribution >= 4 is 11.7 Å². The first-order valence-electron chi connectivity index (χ1n) is 25.1. The average Bonchev–Trinajstić information content (AvgIpc) is 3.78. The summed E-state index contributed by atoms with van der Waals surface area (Å²) in [5.74, 6) is -1.75. The lowest BCUT2D eigenvalue weighted by Gasteiger charge is -2.47. The highest BCUT2D eigenvalue weighted by Gasteiger charge is 2.57. The summed E-state index contributed by atoms with van der Waals surface area (Å²) >= 11 is 0. The third-order valence-electron chi connectivity index (χ3n) is 13.1. The van der Waals surface area contributed by atoms with E-state index in [0.29, 0.717) is 6.61 Å². The van der Waals surface area contributed by atoms with Crippen molar-refractivity contribution in [3.8, 4) is 0 Å². The molecule has 0 N–H and O–H groups in total. The van der Waals surface area contributed by atoms with E-state index >= 15 is 0 Å². The summed E-state index contributed by atoms with van der Waals surface area (Å²) in [6.45, 7) is 4.46. The molecular weight excluding hydrogens is 963 g/mol. The Kier molecular flexibility index (Phi) is 18.6. The maximum absolute atomic E-state index is 12.5. The molecule has 394 valence electrons. The minimum Gasteiger partial charge on any atom is -0.465 e. The first-order chi connectivity index (χ1) is 36.6. The zero-order chi connectivity index (χ0) is 52.0. The summed E-state index contributed by atoms with van der Waals surface area (Å²) in [6.07, 6.45) is -8.61. The Balaban J connectivity index is 1.05. The number of carbonyl (C=O) groups excluding carboxylic acids is 1. The number of nitro groups is 1. The fourth-order valence-corrected chi connectivity index (χ4v) is 9.40. The number of rotatable bonds is 24. The standard InChI is InChI=1S/C59H63NO15/c1-59(2)74-53-51(67-34-42-23-13-6-14-24-42)48(38-65-32-40-19-9-4-10-20-40)72-58(55(53)75-59)71-39-49-50(66-33-41-21-11-5-12-22-41)52(68-35-43-25-15-7-16-26-43)54(69-36-44-27-17-8-18-28-44)57(73-49)70-37-46-30-29-45(56(61)64-3)31-47(46)60(62)63/h4-31,48-55,57-58H,32-39H2,1-3H3/t48-,49-,50-,51-,52+,53+,54+,55+,57+,58-/m1/s1. The molecule has 3 saturated heterocycles. The van der Waals surface area contributed by atoms with E-state index in [0.717, 1.165) is 33.9 Å². The Hall–Kier alpha value is -6.25. The van der Waals surface area contributed by atoms with Crippen molar-refractivity contribution < 1.29 is 66.6 Å². The Morgan fingerprint density at radius 2 is 0.960 bits per heavy atom. The summed E-state index contributed by atoms with van der Waals surface area (Å²) in [5, 5.41) is 12.5. The molecule has 0 aliphatic carbocycles. The van der Waals surface area contributed by atoms with Crippen LogP contribution in [0.1, 0.15) is 57.6 Å². The SMILES string of the molecule is COC(=O)c1ccc(CO[C@H]2O[C@H](CO[C@@H]3O[C@H](COCc4ccccc4)[C@@H](OCc4ccccc4)[C@@H]4OC(C)(C)O[C@H]34)[C@@H](OCc3ccccc3)[C@H](OCc3ccccc3)[C@@H]2OCc2ccccc2)c([N+](=O)[O-])c1. The van der Waals surface area contributed by atoms with E-state index in [1.807, 2.05) is 166 Å². The first-order valence-corrected chi connectivity index (χ1v) is 25.1. The minimum atomic E-state index is -1.22. The van der Waals surface area contributed by atoms with Gasteiger partial charge in [-0.25, -0.2) is 4.79 Å². The van der Waals surface area contributed by atoms with Crippen LogP contribution < -0.4 is 0 Å². The van der Waals surface area contributed by atoms with Gasteiger partial charge in [-0.05, 0) is 53.8 Å². The van der Waals surface area contributed by atoms with Gasteiger partial charge in [0.15, 0.2) is 18.4 Å². The first kappa shape index (κ1) is 53.6. The molecule has 0 saturated carbocycles. The maximum Gasteiger partial charge on any atom is 0.338 e. The Morgan fingerprint density at radius 3 is 1.48 bits per heavy atom. The number of benzene rings is 6. The van der Waals surface area contributed by atoms with Gasteiger partial charge < -0.3 is 56.8 Å². The second kappa shape index (κ2) is 26.0. The van der Waals surface area contributed by atoms with Crippen LogP contribution in [0, 0.1) is 10.1 Å². The molecule has 0 spiro atoms. The van der Waals surface area contributed by atoms with Crippen molar-refractivity contribution in [3.05, 3.63) is 219 Å². The smallest absolute Gasteiger partial charge is 0.338 e. The van der Waals surface area contributed by atoms with Crippen molar-refractivity contribution in [2.24, 2.45) is 0 Å². The lowest BCUT2D eigenvalue weighted by atomic mass is 9.97. The summed E-state index contributed by atoms with van der Waals surface area (Å²) in [4.78, 5) is 24.4. The van der Waals surface area contributed by atoms with E-state index in [2.05, 4.69) is 0 Å². The molecule has 10 atom stereocenters. The average molecular weight is 1030 g/mol. The van der Waals surface area contributed by atoms with Gasteiger partial charge in [0, 0.05) is 6.07 Å². The van der Waals surface area contributed by atoms with Crippen LogP contribution in [0.15, 0.2) is 170 Å². The van der Waals surface area contributed by atoms with Gasteiger partial charge in [0.1, 0.15) is 48.8 Å². The fraction of sp³-hybridized carbons (Fsp3) is 0.373. The van der Waals surface area contributed by atoms with Gasteiger partial charge >= 0.3 is 5.97 Å². The zero-order valence-electron chi connectivity index (χ0n) is 42.2. The van der Waals surface area contributed by atoms with Gasteiger partial charge in [0.2, 0.25) is 0 Å². The summed E-state index contributed by atoms with van der Waals surface area (Å²) in [5.41, 5.74) is 4.51. The number of hydrogen-bond acceptors (Lipinski definition) is 15. The molecule has 0 amide bonds. The van der Waals surface area contributed by atoms with Crippen LogP contribution in [0.5, 0.6) is 0 Å². The molecule has 16 heteroatoms. The van der Waals surface area contributed by atoms with Crippen molar-refractivity contribution in [2.45, 2.75) is 121 Å². The molecule has 3 aliphatic rings. The molecule has 6 aromatic rings. The van der Waals surface area contributed by atoms with Crippen LogP contribution >= 0.6 is 0 Å². The second-order valence-electron chi connectivity index (χ2n) is 18.9. The van der Waals surface area contributed by atoms with Crippen molar-refractivity contribution in [2.75, 3.05) is 20.3 Å². The Labute approximate surface area is 436 Å². The quantitative estimate of drug-likeness (QED) is 0.0319. The molecule has 0 unspecified atom stereocenters. The minimum absolute atomic E-state index is 0.0159. The lowest BCUT2D eigenvalue weighted by Crippen LogP contribution is -2.63. The van der Waals surface area contributed by atoms with Gasteiger partial charge in [0.25, 0.3) is 5.69 Å². The number of methoxy groups -OCH3 is 1. The number of ether oxygens (including phenoxy) is 12. The fourth-order valence-electron chi connectivity index (χ4n) is 9.40. The van der Waals surface area contributed by atoms with Crippen LogP contribution in [-0.2, 0) is 96.5 Å². The zero-order valence-corrected chi connectivity index (χ0v) is 42.2. The molecule has 16 nitrogen and oxygen atoms in total. The number of fused-ring (bicyclic) bond motifs is 1. The molecule has 3 heterocycles. The summed E-state index contributed by atoms with van der Waals surface area (Å²) in [7, 11) is 1.21.